The Labute approximate surface area is 76.7 Å². The van der Waals surface area contributed by atoms with Gasteiger partial charge in [-0.3, -0.25) is 9.59 Å². The van der Waals surface area contributed by atoms with Crippen LogP contribution >= 0.6 is 11.6 Å². The minimum absolute atomic E-state index is 0.136. The van der Waals surface area contributed by atoms with Gasteiger partial charge in [0.05, 0.1) is 0 Å². The van der Waals surface area contributed by atoms with Crippen LogP contribution in [-0.4, -0.2) is 29.1 Å². The molecular weight excluding hydrogens is 178 g/mol. The third kappa shape index (κ3) is 2.21. The largest absolute Gasteiger partial charge is 0.329 e. The Bertz CT molecular complexity index is 175. The van der Waals surface area contributed by atoms with Crippen LogP contribution in [0.15, 0.2) is 0 Å². The predicted molar refractivity (Wildman–Crippen MR) is 46.2 cm³/mol. The number of hydrogen-bond acceptors (Lipinski definition) is 2. The van der Waals surface area contributed by atoms with Crippen molar-refractivity contribution in [2.24, 2.45) is 5.92 Å². The lowest BCUT2D eigenvalue weighted by Crippen LogP contribution is -2.37. The quantitative estimate of drug-likeness (QED) is 0.465. The van der Waals surface area contributed by atoms with Crippen LogP contribution in [0.1, 0.15) is 19.8 Å². The van der Waals surface area contributed by atoms with Gasteiger partial charge in [-0.05, 0) is 31.4 Å². The highest BCUT2D eigenvalue weighted by atomic mass is 35.5. The van der Waals surface area contributed by atoms with Gasteiger partial charge in [-0.1, -0.05) is 0 Å². The smallest absolute Gasteiger partial charge is 0.316 e. The Hall–Kier alpha value is -0.570. The van der Waals surface area contributed by atoms with E-state index in [-0.39, 0.29) is 11.7 Å². The SMILES string of the molecule is CC(=O)C1CCN(C(=O)Cl)CC1. The maximum atomic E-state index is 10.9. The zero-order valence-electron chi connectivity index (χ0n) is 7.05. The molecule has 0 radical (unpaired) electrons. The van der Waals surface area contributed by atoms with Gasteiger partial charge < -0.3 is 4.90 Å². The highest BCUT2D eigenvalue weighted by Crippen LogP contribution is 2.18. The van der Waals surface area contributed by atoms with Crippen LogP contribution in [0.25, 0.3) is 0 Å². The molecule has 1 amide bonds. The Balaban J connectivity index is 2.39. The minimum atomic E-state index is -0.406. The fraction of sp³-hybridized carbons (Fsp3) is 0.750. The summed E-state index contributed by atoms with van der Waals surface area (Å²) in [5.74, 6) is 0.355. The molecule has 1 aliphatic rings. The summed E-state index contributed by atoms with van der Waals surface area (Å²) >= 11 is 5.29. The van der Waals surface area contributed by atoms with E-state index in [0.717, 1.165) is 12.8 Å². The van der Waals surface area contributed by atoms with E-state index in [9.17, 15) is 9.59 Å². The molecule has 1 heterocycles. The maximum absolute atomic E-state index is 10.9. The summed E-state index contributed by atoms with van der Waals surface area (Å²) < 4.78 is 0. The number of nitrogens with zero attached hydrogens (tertiary/aromatic N) is 1. The van der Waals surface area contributed by atoms with Crippen LogP contribution in [0, 0.1) is 5.92 Å². The number of carbonyl (C=O) groups excluding carboxylic acids is 2. The van der Waals surface area contributed by atoms with Crippen molar-refractivity contribution in [3.05, 3.63) is 0 Å². The van der Waals surface area contributed by atoms with Crippen molar-refractivity contribution in [3.8, 4) is 0 Å². The van der Waals surface area contributed by atoms with Crippen LogP contribution in [0.4, 0.5) is 4.79 Å². The summed E-state index contributed by atoms with van der Waals surface area (Å²) in [5.41, 5.74) is 0. The Morgan fingerprint density at radius 2 is 1.83 bits per heavy atom. The van der Waals surface area contributed by atoms with Crippen LogP contribution in [0.2, 0.25) is 0 Å². The molecule has 0 aromatic carbocycles. The number of amides is 1. The Morgan fingerprint density at radius 3 is 2.17 bits per heavy atom. The molecule has 0 spiro atoms. The highest BCUT2D eigenvalue weighted by Gasteiger charge is 2.23. The van der Waals surface area contributed by atoms with Gasteiger partial charge in [0.2, 0.25) is 0 Å². The molecule has 3 nitrogen and oxygen atoms in total. The second-order valence-corrected chi connectivity index (χ2v) is 3.45. The first kappa shape index (κ1) is 9.52. The molecule has 0 unspecified atom stereocenters. The molecule has 0 saturated carbocycles. The van der Waals surface area contributed by atoms with E-state index < -0.39 is 5.37 Å². The third-order valence-corrected chi connectivity index (χ3v) is 2.56. The first-order valence-electron chi connectivity index (χ1n) is 4.06. The van der Waals surface area contributed by atoms with E-state index in [4.69, 9.17) is 11.6 Å². The molecule has 4 heteroatoms. The Morgan fingerprint density at radius 1 is 1.33 bits per heavy atom. The number of Topliss-reactive ketones (excluding diaryl/α,β-unsaturated/α-hetero) is 1. The monoisotopic (exact) mass is 189 g/mol. The molecule has 1 aliphatic heterocycles. The average molecular weight is 190 g/mol. The number of likely N-dealkylation sites (tertiary alicyclic amines) is 1. The number of rotatable bonds is 1. The van der Waals surface area contributed by atoms with Crippen molar-refractivity contribution in [1.82, 2.24) is 4.90 Å². The van der Waals surface area contributed by atoms with Gasteiger partial charge in [-0.2, -0.15) is 0 Å². The molecule has 0 aliphatic carbocycles. The second-order valence-electron chi connectivity index (χ2n) is 3.12. The molecule has 68 valence electrons. The summed E-state index contributed by atoms with van der Waals surface area (Å²) in [6.07, 6.45) is 1.52. The van der Waals surface area contributed by atoms with E-state index in [2.05, 4.69) is 0 Å². The molecule has 1 rings (SSSR count). The molecule has 0 atom stereocenters. The van der Waals surface area contributed by atoms with Crippen LogP contribution in [0.5, 0.6) is 0 Å². The normalized spacial score (nSPS) is 19.3. The van der Waals surface area contributed by atoms with Gasteiger partial charge in [-0.15, -0.1) is 0 Å². The lowest BCUT2D eigenvalue weighted by atomic mass is 9.94. The van der Waals surface area contributed by atoms with Crippen molar-refractivity contribution in [1.29, 1.82) is 0 Å². The lowest BCUT2D eigenvalue weighted by molar-refractivity contribution is -0.121. The second kappa shape index (κ2) is 3.90. The van der Waals surface area contributed by atoms with Gasteiger partial charge in [0.15, 0.2) is 0 Å². The zero-order valence-corrected chi connectivity index (χ0v) is 7.80. The number of halogens is 1. The number of ketones is 1. The Kier molecular flexibility index (Phi) is 3.09. The summed E-state index contributed by atoms with van der Waals surface area (Å²) in [6, 6.07) is 0. The van der Waals surface area contributed by atoms with Crippen molar-refractivity contribution in [3.63, 3.8) is 0 Å². The van der Waals surface area contributed by atoms with E-state index >= 15 is 0 Å². The molecular formula is C8H12ClNO2. The summed E-state index contributed by atoms with van der Waals surface area (Å²) in [6.45, 7) is 2.84. The topological polar surface area (TPSA) is 37.4 Å². The first-order valence-corrected chi connectivity index (χ1v) is 4.44. The molecule has 1 saturated heterocycles. The molecule has 0 aromatic heterocycles. The van der Waals surface area contributed by atoms with Gasteiger partial charge in [0, 0.05) is 19.0 Å². The van der Waals surface area contributed by atoms with Gasteiger partial charge >= 0.3 is 5.37 Å². The average Bonchev–Trinajstić information content (AvgIpc) is 2.04. The van der Waals surface area contributed by atoms with Crippen molar-refractivity contribution in [2.45, 2.75) is 19.8 Å². The number of piperidine rings is 1. The van der Waals surface area contributed by atoms with E-state index in [1.165, 1.54) is 0 Å². The highest BCUT2D eigenvalue weighted by molar-refractivity contribution is 6.62. The van der Waals surface area contributed by atoms with E-state index in [0.29, 0.717) is 13.1 Å². The van der Waals surface area contributed by atoms with Crippen molar-refractivity contribution in [2.75, 3.05) is 13.1 Å². The van der Waals surface area contributed by atoms with E-state index in [1.807, 2.05) is 0 Å². The van der Waals surface area contributed by atoms with Crippen molar-refractivity contribution < 1.29 is 9.59 Å². The molecule has 12 heavy (non-hydrogen) atoms. The van der Waals surface area contributed by atoms with Crippen LogP contribution < -0.4 is 0 Å². The fourth-order valence-corrected chi connectivity index (χ4v) is 1.63. The summed E-state index contributed by atoms with van der Waals surface area (Å²) in [5, 5.41) is -0.406. The standard InChI is InChI=1S/C8H12ClNO2/c1-6(11)7-2-4-10(5-3-7)8(9)12/h7H,2-5H2,1H3. The van der Waals surface area contributed by atoms with Gasteiger partial charge in [0.1, 0.15) is 5.78 Å². The van der Waals surface area contributed by atoms with Crippen LogP contribution in [0.3, 0.4) is 0 Å². The molecule has 1 fully saturated rings. The zero-order chi connectivity index (χ0) is 9.14. The predicted octanol–water partition coefficient (Wildman–Crippen LogP) is 1.65. The summed E-state index contributed by atoms with van der Waals surface area (Å²) in [4.78, 5) is 23.2. The van der Waals surface area contributed by atoms with Crippen molar-refractivity contribution >= 4 is 22.8 Å². The first-order chi connectivity index (χ1) is 5.61. The molecule has 0 aromatic rings. The fourth-order valence-electron chi connectivity index (χ4n) is 1.46. The maximum Gasteiger partial charge on any atom is 0.316 e. The minimum Gasteiger partial charge on any atom is -0.329 e. The molecule has 0 bridgehead atoms. The lowest BCUT2D eigenvalue weighted by Gasteiger charge is -2.28. The van der Waals surface area contributed by atoms with Crippen LogP contribution in [-0.2, 0) is 4.79 Å². The van der Waals surface area contributed by atoms with Gasteiger partial charge in [-0.25, -0.2) is 0 Å². The molecule has 0 N–H and O–H groups in total. The van der Waals surface area contributed by atoms with E-state index in [1.54, 1.807) is 11.8 Å². The van der Waals surface area contributed by atoms with Gasteiger partial charge in [0.25, 0.3) is 0 Å². The number of carbonyl (C=O) groups is 2. The number of hydrogen-bond donors (Lipinski definition) is 0. The summed E-state index contributed by atoms with van der Waals surface area (Å²) in [7, 11) is 0. The third-order valence-electron chi connectivity index (χ3n) is 2.32.